The maximum Gasteiger partial charge on any atom is 0.243 e. The number of hydrogen-bond donors (Lipinski definition) is 0. The van der Waals surface area contributed by atoms with Gasteiger partial charge in [-0.1, -0.05) is 42.5 Å². The molecule has 1 saturated heterocycles. The van der Waals surface area contributed by atoms with E-state index < -0.39 is 10.0 Å². The Morgan fingerprint density at radius 1 is 1.07 bits per heavy atom. The zero-order valence-corrected chi connectivity index (χ0v) is 18.2. The molecule has 1 heterocycles. The lowest BCUT2D eigenvalue weighted by Crippen LogP contribution is -2.48. The van der Waals surface area contributed by atoms with Crippen LogP contribution in [0.5, 0.6) is 5.75 Å². The number of nitrogens with zero attached hydrogens (tertiary/aromatic N) is 2. The van der Waals surface area contributed by atoms with Crippen LogP contribution in [-0.4, -0.2) is 57.5 Å². The van der Waals surface area contributed by atoms with Crippen molar-refractivity contribution in [3.05, 3.63) is 63.7 Å². The number of ether oxygens (including phenoxy) is 1. The highest BCUT2D eigenvalue weighted by Crippen LogP contribution is 2.26. The van der Waals surface area contributed by atoms with E-state index in [0.717, 1.165) is 23.2 Å². The molecule has 144 valence electrons. The molecule has 0 aliphatic carbocycles. The molecule has 0 amide bonds. The maximum absolute atomic E-state index is 12.9. The Balaban J connectivity index is 1.58. The van der Waals surface area contributed by atoms with Crippen molar-refractivity contribution in [1.29, 1.82) is 0 Å². The molecule has 0 atom stereocenters. The summed E-state index contributed by atoms with van der Waals surface area (Å²) in [6, 6.07) is 15.2. The summed E-state index contributed by atoms with van der Waals surface area (Å²) in [4.78, 5) is 2.59. The van der Waals surface area contributed by atoms with Crippen molar-refractivity contribution in [2.45, 2.75) is 4.90 Å². The van der Waals surface area contributed by atoms with Gasteiger partial charge in [0, 0.05) is 32.7 Å². The summed E-state index contributed by atoms with van der Waals surface area (Å²) < 4.78 is 33.4. The monoisotopic (exact) mass is 498 g/mol. The highest BCUT2D eigenvalue weighted by Gasteiger charge is 2.28. The summed E-state index contributed by atoms with van der Waals surface area (Å²) in [5.41, 5.74) is 1.17. The first-order chi connectivity index (χ1) is 13.0. The number of rotatable bonds is 6. The largest absolute Gasteiger partial charge is 0.496 e. The lowest BCUT2D eigenvalue weighted by Gasteiger charge is -2.33. The van der Waals surface area contributed by atoms with Gasteiger partial charge in [0.05, 0.1) is 15.6 Å². The van der Waals surface area contributed by atoms with E-state index in [-0.39, 0.29) is 0 Å². The Hall–Kier alpha value is -1.42. The average molecular weight is 498 g/mol. The Morgan fingerprint density at radius 3 is 2.41 bits per heavy atom. The molecule has 0 bridgehead atoms. The van der Waals surface area contributed by atoms with Crippen LogP contribution < -0.4 is 4.74 Å². The quantitative estimate of drug-likeness (QED) is 0.574. The summed E-state index contributed by atoms with van der Waals surface area (Å²) in [6.45, 7) is 3.29. The minimum Gasteiger partial charge on any atom is -0.496 e. The Morgan fingerprint density at radius 2 is 1.78 bits per heavy atom. The van der Waals surface area contributed by atoms with Gasteiger partial charge in [0.15, 0.2) is 0 Å². The van der Waals surface area contributed by atoms with E-state index in [1.165, 1.54) is 5.56 Å². The van der Waals surface area contributed by atoms with Crippen LogP contribution in [0.1, 0.15) is 5.56 Å². The number of halogens is 1. The fourth-order valence-electron chi connectivity index (χ4n) is 3.01. The Bertz CT molecular complexity index is 893. The van der Waals surface area contributed by atoms with Crippen LogP contribution in [-0.2, 0) is 10.0 Å². The number of benzene rings is 2. The van der Waals surface area contributed by atoms with Crippen molar-refractivity contribution in [3.8, 4) is 5.75 Å². The summed E-state index contributed by atoms with van der Waals surface area (Å²) in [7, 11) is -1.89. The summed E-state index contributed by atoms with van der Waals surface area (Å²) >= 11 is 2.10. The van der Waals surface area contributed by atoms with Gasteiger partial charge in [-0.2, -0.15) is 4.31 Å². The van der Waals surface area contributed by atoms with Gasteiger partial charge in [0.2, 0.25) is 10.0 Å². The van der Waals surface area contributed by atoms with Crippen LogP contribution in [0.2, 0.25) is 0 Å². The molecule has 1 aliphatic heterocycles. The molecule has 0 spiro atoms. The van der Waals surface area contributed by atoms with Crippen LogP contribution in [0.15, 0.2) is 59.5 Å². The number of methoxy groups -OCH3 is 1. The molecule has 2 aromatic carbocycles. The first-order valence-corrected chi connectivity index (χ1v) is 11.3. The Kier molecular flexibility index (Phi) is 6.91. The average Bonchev–Trinajstić information content (AvgIpc) is 2.69. The molecule has 7 heteroatoms. The zero-order valence-electron chi connectivity index (χ0n) is 15.2. The third-order valence-corrected chi connectivity index (χ3v) is 7.30. The van der Waals surface area contributed by atoms with Gasteiger partial charge < -0.3 is 4.74 Å². The standard InChI is InChI=1S/C20H23IN2O3S/c1-26-20-10-9-18(16-19(20)21)27(24,25)23-14-12-22(13-15-23)11-5-8-17-6-3-2-4-7-17/h2-10,16H,11-15H2,1H3/b8-5+. The fraction of sp³-hybridized carbons (Fsp3) is 0.300. The summed E-state index contributed by atoms with van der Waals surface area (Å²) in [5.74, 6) is 0.685. The lowest BCUT2D eigenvalue weighted by molar-refractivity contribution is 0.204. The molecule has 0 saturated carbocycles. The Labute approximate surface area is 174 Å². The SMILES string of the molecule is COc1ccc(S(=O)(=O)N2CCN(C/C=C/c3ccccc3)CC2)cc1I. The molecule has 27 heavy (non-hydrogen) atoms. The first kappa shape index (κ1) is 20.3. The van der Waals surface area contributed by atoms with Gasteiger partial charge in [-0.25, -0.2) is 8.42 Å². The predicted octanol–water partition coefficient (Wildman–Crippen LogP) is 3.32. The maximum atomic E-state index is 12.9. The highest BCUT2D eigenvalue weighted by atomic mass is 127. The van der Waals surface area contributed by atoms with E-state index in [2.05, 4.69) is 51.8 Å². The van der Waals surface area contributed by atoms with E-state index in [1.807, 2.05) is 18.2 Å². The second-order valence-electron chi connectivity index (χ2n) is 6.31. The van der Waals surface area contributed by atoms with Gasteiger partial charge in [0.25, 0.3) is 0 Å². The summed E-state index contributed by atoms with van der Waals surface area (Å²) in [5, 5.41) is 0. The van der Waals surface area contributed by atoms with E-state index in [0.29, 0.717) is 23.7 Å². The smallest absolute Gasteiger partial charge is 0.243 e. The van der Waals surface area contributed by atoms with Crippen molar-refractivity contribution in [2.24, 2.45) is 0 Å². The second-order valence-corrected chi connectivity index (χ2v) is 9.41. The van der Waals surface area contributed by atoms with Gasteiger partial charge in [-0.15, -0.1) is 0 Å². The lowest BCUT2D eigenvalue weighted by atomic mass is 10.2. The third-order valence-electron chi connectivity index (χ3n) is 4.57. The van der Waals surface area contributed by atoms with Gasteiger partial charge >= 0.3 is 0 Å². The highest BCUT2D eigenvalue weighted by molar-refractivity contribution is 14.1. The van der Waals surface area contributed by atoms with Crippen LogP contribution in [0, 0.1) is 3.57 Å². The molecular weight excluding hydrogens is 475 g/mol. The second kappa shape index (κ2) is 9.18. The molecule has 1 fully saturated rings. The molecule has 0 aromatic heterocycles. The molecular formula is C20H23IN2O3S. The molecule has 1 aliphatic rings. The molecule has 2 aromatic rings. The van der Waals surface area contributed by atoms with Crippen LogP contribution in [0.4, 0.5) is 0 Å². The van der Waals surface area contributed by atoms with Crippen molar-refractivity contribution < 1.29 is 13.2 Å². The molecule has 3 rings (SSSR count). The first-order valence-electron chi connectivity index (χ1n) is 8.78. The van der Waals surface area contributed by atoms with Crippen LogP contribution in [0.3, 0.4) is 0 Å². The zero-order chi connectivity index (χ0) is 19.3. The van der Waals surface area contributed by atoms with Gasteiger partial charge in [-0.05, 0) is 46.4 Å². The third kappa shape index (κ3) is 5.10. The normalized spacial score (nSPS) is 16.7. The van der Waals surface area contributed by atoms with Crippen LogP contribution >= 0.6 is 22.6 Å². The fourth-order valence-corrected chi connectivity index (χ4v) is 5.41. The van der Waals surface area contributed by atoms with Crippen molar-refractivity contribution in [2.75, 3.05) is 39.8 Å². The minimum absolute atomic E-state index is 0.324. The number of sulfonamides is 1. The van der Waals surface area contributed by atoms with Crippen molar-refractivity contribution in [1.82, 2.24) is 9.21 Å². The van der Waals surface area contributed by atoms with Crippen molar-refractivity contribution in [3.63, 3.8) is 0 Å². The van der Waals surface area contributed by atoms with E-state index >= 15 is 0 Å². The molecule has 0 unspecified atom stereocenters. The van der Waals surface area contributed by atoms with Gasteiger partial charge in [0.1, 0.15) is 5.75 Å². The number of piperazine rings is 1. The number of hydrogen-bond acceptors (Lipinski definition) is 4. The molecule has 5 nitrogen and oxygen atoms in total. The van der Waals surface area contributed by atoms with Gasteiger partial charge in [-0.3, -0.25) is 4.90 Å². The molecule has 0 radical (unpaired) electrons. The van der Waals surface area contributed by atoms with E-state index in [4.69, 9.17) is 4.74 Å². The van der Waals surface area contributed by atoms with E-state index in [1.54, 1.807) is 29.6 Å². The topological polar surface area (TPSA) is 49.9 Å². The predicted molar refractivity (Wildman–Crippen MR) is 116 cm³/mol. The van der Waals surface area contributed by atoms with Crippen LogP contribution in [0.25, 0.3) is 6.08 Å². The van der Waals surface area contributed by atoms with Crippen molar-refractivity contribution >= 4 is 38.7 Å². The minimum atomic E-state index is -3.47. The molecule has 0 N–H and O–H groups in total. The van der Waals surface area contributed by atoms with E-state index in [9.17, 15) is 8.42 Å². The summed E-state index contributed by atoms with van der Waals surface area (Å²) in [6.07, 6.45) is 4.23.